The van der Waals surface area contributed by atoms with E-state index in [-0.39, 0.29) is 0 Å². The Kier molecular flexibility index (Phi) is 8.39. The molecule has 0 N–H and O–H groups in total. The van der Waals surface area contributed by atoms with Gasteiger partial charge in [-0.05, 0) is 95.5 Å². The lowest BCUT2D eigenvalue weighted by Crippen LogP contribution is -2.22. The molecule has 0 saturated heterocycles. The fourth-order valence-electron chi connectivity index (χ4n) is 5.05. The van der Waals surface area contributed by atoms with Gasteiger partial charge in [0.15, 0.2) is 0 Å². The zero-order valence-corrected chi connectivity index (χ0v) is 21.8. The van der Waals surface area contributed by atoms with Crippen LogP contribution >= 0.6 is 0 Å². The molecule has 1 aliphatic rings. The molecule has 4 heteroatoms. The lowest BCUT2D eigenvalue weighted by molar-refractivity contribution is 0.0350. The molecule has 0 bridgehead atoms. The Morgan fingerprint density at radius 2 is 1.54 bits per heavy atom. The van der Waals surface area contributed by atoms with E-state index in [9.17, 15) is 0 Å². The van der Waals surface area contributed by atoms with Crippen molar-refractivity contribution < 1.29 is 18.3 Å². The van der Waals surface area contributed by atoms with Gasteiger partial charge in [0.05, 0.1) is 25.2 Å². The number of ether oxygens (including phenoxy) is 2. The largest absolute Gasteiger partial charge is 0.467 e. The summed E-state index contributed by atoms with van der Waals surface area (Å²) in [6.45, 7) is 6.23. The summed E-state index contributed by atoms with van der Waals surface area (Å²) < 4.78 is 21.5. The van der Waals surface area contributed by atoms with E-state index in [0.29, 0.717) is 25.2 Å². The van der Waals surface area contributed by atoms with Gasteiger partial charge in [0.25, 0.3) is 0 Å². The zero-order valence-electron chi connectivity index (χ0n) is 21.8. The van der Waals surface area contributed by atoms with E-state index in [1.807, 2.05) is 24.3 Å². The average Bonchev–Trinajstić information content (AvgIpc) is 3.66. The first kappa shape index (κ1) is 25.3. The second kappa shape index (κ2) is 12.3. The zero-order chi connectivity index (χ0) is 25.5. The third kappa shape index (κ3) is 6.33. The molecule has 1 aliphatic carbocycles. The highest BCUT2D eigenvalue weighted by Crippen LogP contribution is 2.35. The number of fused-ring (bicyclic) bond motifs is 5. The molecule has 2 atom stereocenters. The van der Waals surface area contributed by atoms with Crippen LogP contribution in [0.2, 0.25) is 0 Å². The minimum Gasteiger partial charge on any atom is -0.467 e. The van der Waals surface area contributed by atoms with Crippen LogP contribution in [-0.4, -0.2) is 12.7 Å². The van der Waals surface area contributed by atoms with E-state index in [0.717, 1.165) is 31.0 Å². The minimum absolute atomic E-state index is 0.384. The Bertz CT molecular complexity index is 1350. The van der Waals surface area contributed by atoms with Crippen molar-refractivity contribution in [3.8, 4) is 0 Å². The monoisotopic (exact) mass is 496 g/mol. The van der Waals surface area contributed by atoms with Crippen molar-refractivity contribution in [2.45, 2.75) is 58.8 Å². The first-order chi connectivity index (χ1) is 18.2. The number of aryl methyl sites for hydroxylation is 1. The smallest absolute Gasteiger partial charge is 0.129 e. The Morgan fingerprint density at radius 1 is 0.811 bits per heavy atom. The fraction of sp³-hybridized carbons (Fsp3) is 0.333. The molecule has 0 fully saturated rings. The number of hydrogen-bond acceptors (Lipinski definition) is 4. The molecule has 0 amide bonds. The van der Waals surface area contributed by atoms with Gasteiger partial charge in [0, 0.05) is 0 Å². The van der Waals surface area contributed by atoms with Crippen LogP contribution in [0, 0.1) is 5.92 Å². The van der Waals surface area contributed by atoms with Gasteiger partial charge in [-0.3, -0.25) is 0 Å². The molecule has 2 heterocycles. The molecule has 2 unspecified atom stereocenters. The van der Waals surface area contributed by atoms with E-state index < -0.39 is 0 Å². The molecular weight excluding hydrogens is 460 g/mol. The van der Waals surface area contributed by atoms with Crippen LogP contribution in [0.15, 0.2) is 94.2 Å². The lowest BCUT2D eigenvalue weighted by Gasteiger charge is -2.27. The summed E-state index contributed by atoms with van der Waals surface area (Å²) in [5, 5.41) is 5.56. The quantitative estimate of drug-likeness (QED) is 0.202. The molecule has 5 aromatic rings. The first-order valence-electron chi connectivity index (χ1n) is 13.4. The molecule has 192 valence electrons. The van der Waals surface area contributed by atoms with Crippen LogP contribution in [0.1, 0.15) is 49.3 Å². The first-order valence-corrected chi connectivity index (χ1v) is 13.4. The average molecular weight is 497 g/mol. The summed E-state index contributed by atoms with van der Waals surface area (Å²) in [6.07, 6.45) is 8.33. The number of rotatable bonds is 8. The lowest BCUT2D eigenvalue weighted by atomic mass is 9.81. The summed E-state index contributed by atoms with van der Waals surface area (Å²) in [6, 6.07) is 25.4. The summed E-state index contributed by atoms with van der Waals surface area (Å²) >= 11 is 0. The Hall–Kier alpha value is -3.34. The maximum absolute atomic E-state index is 5.99. The Labute approximate surface area is 219 Å². The van der Waals surface area contributed by atoms with Crippen molar-refractivity contribution in [1.29, 1.82) is 0 Å². The summed E-state index contributed by atoms with van der Waals surface area (Å²) in [4.78, 5) is 0. The van der Waals surface area contributed by atoms with E-state index in [1.165, 1.54) is 39.9 Å². The molecule has 0 aliphatic heterocycles. The number of furan rings is 2. The molecule has 0 saturated carbocycles. The standard InChI is InChI=1S/C23H26O.C10H10O3/c1-3-16(2)24-15-17-8-11-21-19(14-17)10-13-22-20-7-5-4-6-18(20)9-12-23(21)22;1-3-9(12-5-1)7-11-8-10-4-2-6-13-10/h4-7,9-10,12-13,16-17H,3,8,11,14-15H2,1-2H3;1-6H,7-8H2. The highest BCUT2D eigenvalue weighted by atomic mass is 16.5. The third-order valence-corrected chi connectivity index (χ3v) is 7.29. The number of hydrogen-bond donors (Lipinski definition) is 0. The Morgan fingerprint density at radius 3 is 2.24 bits per heavy atom. The van der Waals surface area contributed by atoms with Crippen LogP contribution in [0.3, 0.4) is 0 Å². The van der Waals surface area contributed by atoms with Crippen molar-refractivity contribution in [2.75, 3.05) is 6.61 Å². The minimum atomic E-state index is 0.384. The molecule has 2 aromatic heterocycles. The summed E-state index contributed by atoms with van der Waals surface area (Å²) in [5.74, 6) is 2.32. The van der Waals surface area contributed by atoms with Crippen LogP contribution in [0.5, 0.6) is 0 Å². The van der Waals surface area contributed by atoms with Gasteiger partial charge < -0.3 is 18.3 Å². The van der Waals surface area contributed by atoms with Crippen molar-refractivity contribution in [1.82, 2.24) is 0 Å². The topological polar surface area (TPSA) is 44.7 Å². The summed E-state index contributed by atoms with van der Waals surface area (Å²) in [7, 11) is 0. The molecule has 3 aromatic carbocycles. The summed E-state index contributed by atoms with van der Waals surface area (Å²) in [5.41, 5.74) is 3.10. The Balaban J connectivity index is 0.000000182. The highest BCUT2D eigenvalue weighted by Gasteiger charge is 2.21. The van der Waals surface area contributed by atoms with Gasteiger partial charge >= 0.3 is 0 Å². The maximum atomic E-state index is 5.99. The molecule has 6 rings (SSSR count). The predicted molar refractivity (Wildman–Crippen MR) is 149 cm³/mol. The van der Waals surface area contributed by atoms with Crippen LogP contribution in [0.4, 0.5) is 0 Å². The van der Waals surface area contributed by atoms with Gasteiger partial charge in [0.1, 0.15) is 24.7 Å². The third-order valence-electron chi connectivity index (χ3n) is 7.29. The fourth-order valence-corrected chi connectivity index (χ4v) is 5.05. The van der Waals surface area contributed by atoms with Gasteiger partial charge in [-0.1, -0.05) is 55.5 Å². The van der Waals surface area contributed by atoms with Crippen molar-refractivity contribution in [3.05, 3.63) is 108 Å². The molecule has 0 radical (unpaired) electrons. The number of benzene rings is 3. The van der Waals surface area contributed by atoms with E-state index in [1.54, 1.807) is 18.1 Å². The second-order valence-electron chi connectivity index (χ2n) is 9.90. The maximum Gasteiger partial charge on any atom is 0.129 e. The normalized spacial score (nSPS) is 15.8. The van der Waals surface area contributed by atoms with Gasteiger partial charge in [-0.25, -0.2) is 0 Å². The molecule has 4 nitrogen and oxygen atoms in total. The van der Waals surface area contributed by atoms with Crippen molar-refractivity contribution in [3.63, 3.8) is 0 Å². The molecule has 0 spiro atoms. The molecular formula is C33H36O4. The van der Waals surface area contributed by atoms with Crippen molar-refractivity contribution in [2.24, 2.45) is 5.92 Å². The van der Waals surface area contributed by atoms with E-state index in [4.69, 9.17) is 18.3 Å². The van der Waals surface area contributed by atoms with Gasteiger partial charge in [0.2, 0.25) is 0 Å². The SMILES string of the molecule is CCC(C)OCC1CCc2c(ccc3c2ccc2ccccc23)C1.c1coc(COCc2ccco2)c1. The van der Waals surface area contributed by atoms with Crippen LogP contribution in [0.25, 0.3) is 21.5 Å². The predicted octanol–water partition coefficient (Wildman–Crippen LogP) is 8.50. The van der Waals surface area contributed by atoms with Crippen molar-refractivity contribution >= 4 is 21.5 Å². The molecule has 37 heavy (non-hydrogen) atoms. The second-order valence-corrected chi connectivity index (χ2v) is 9.90. The van der Waals surface area contributed by atoms with E-state index >= 15 is 0 Å². The van der Waals surface area contributed by atoms with Gasteiger partial charge in [-0.15, -0.1) is 0 Å². The van der Waals surface area contributed by atoms with Crippen LogP contribution in [-0.2, 0) is 35.5 Å². The van der Waals surface area contributed by atoms with Gasteiger partial charge in [-0.2, -0.15) is 0 Å². The van der Waals surface area contributed by atoms with E-state index in [2.05, 4.69) is 62.4 Å². The highest BCUT2D eigenvalue weighted by molar-refractivity contribution is 6.08. The van der Waals surface area contributed by atoms with Crippen LogP contribution < -0.4 is 0 Å².